The van der Waals surface area contributed by atoms with E-state index in [2.05, 4.69) is 29.4 Å². The molecule has 0 aromatic heterocycles. The third-order valence-corrected chi connectivity index (χ3v) is 4.23. The molecule has 7 nitrogen and oxygen atoms in total. The number of likely N-dealkylation sites (N-methyl/N-ethyl adjacent to an activating group) is 1. The van der Waals surface area contributed by atoms with Crippen molar-refractivity contribution in [2.45, 2.75) is 25.8 Å². The predicted molar refractivity (Wildman–Crippen MR) is 80.4 cm³/mol. The summed E-state index contributed by atoms with van der Waals surface area (Å²) < 4.78 is 0. The normalized spacial score (nSPS) is 29.4. The first kappa shape index (κ1) is 14.4. The first-order valence-electron chi connectivity index (χ1n) is 7.24. The van der Waals surface area contributed by atoms with E-state index in [0.717, 1.165) is 12.8 Å². The highest BCUT2D eigenvalue weighted by Gasteiger charge is 2.33. The van der Waals surface area contributed by atoms with Crippen molar-refractivity contribution >= 4 is 17.3 Å². The van der Waals surface area contributed by atoms with Gasteiger partial charge in [0.1, 0.15) is 0 Å². The maximum Gasteiger partial charge on any atom is 0.346 e. The Morgan fingerprint density at radius 1 is 1.24 bits per heavy atom. The van der Waals surface area contributed by atoms with Crippen LogP contribution in [0.3, 0.4) is 0 Å². The van der Waals surface area contributed by atoms with Crippen LogP contribution in [0.5, 0.6) is 0 Å². The molecule has 1 aromatic rings. The smallest absolute Gasteiger partial charge is 0.346 e. The van der Waals surface area contributed by atoms with Crippen LogP contribution < -0.4 is 15.7 Å². The summed E-state index contributed by atoms with van der Waals surface area (Å²) in [6.45, 7) is 2.32. The van der Waals surface area contributed by atoms with Gasteiger partial charge in [0.2, 0.25) is 11.4 Å². The molecule has 3 atom stereocenters. The number of fused-ring (bicyclic) bond motifs is 2. The van der Waals surface area contributed by atoms with Gasteiger partial charge in [0.05, 0.1) is 0 Å². The van der Waals surface area contributed by atoms with Crippen LogP contribution in [-0.2, 0) is 12.8 Å². The fourth-order valence-corrected chi connectivity index (χ4v) is 3.02. The summed E-state index contributed by atoms with van der Waals surface area (Å²) in [5.74, 6) is 0.164. The van der Waals surface area contributed by atoms with E-state index in [1.54, 1.807) is 0 Å². The molecule has 1 heterocycles. The van der Waals surface area contributed by atoms with E-state index in [4.69, 9.17) is 0 Å². The van der Waals surface area contributed by atoms with Crippen molar-refractivity contribution in [2.75, 3.05) is 20.6 Å². The molecule has 0 bridgehead atoms. The van der Waals surface area contributed by atoms with Crippen molar-refractivity contribution in [3.05, 3.63) is 33.7 Å². The lowest BCUT2D eigenvalue weighted by atomic mass is 10.1. The summed E-state index contributed by atoms with van der Waals surface area (Å²) in [6, 6.07) is 4.20. The lowest BCUT2D eigenvalue weighted by Gasteiger charge is -2.34. The number of benzene rings is 1. The lowest BCUT2D eigenvalue weighted by Crippen LogP contribution is -3.24. The molecule has 3 N–H and O–H groups in total. The number of hydrogen-bond donors (Lipinski definition) is 3. The Morgan fingerprint density at radius 3 is 2.43 bits per heavy atom. The largest absolute Gasteiger partial charge is 0.621 e. The Hall–Kier alpha value is -1.51. The van der Waals surface area contributed by atoms with Crippen LogP contribution in [0.2, 0.25) is 0 Å². The van der Waals surface area contributed by atoms with Gasteiger partial charge in [-0.05, 0) is 45.0 Å². The average molecular weight is 291 g/mol. The van der Waals surface area contributed by atoms with Crippen molar-refractivity contribution in [1.29, 1.82) is 0 Å². The fraction of sp³-hybridized carbons (Fsp3) is 0.500. The molecule has 114 valence electrons. The SMILES string of the molecule is CCN=C1N[NH+]([O-])c2cc3c(cc2[NH+]1[O-])CC(N(C)C)C3. The van der Waals surface area contributed by atoms with Crippen molar-refractivity contribution in [3.8, 4) is 0 Å². The third kappa shape index (κ3) is 2.43. The minimum Gasteiger partial charge on any atom is -0.621 e. The Morgan fingerprint density at radius 2 is 1.86 bits per heavy atom. The van der Waals surface area contributed by atoms with Gasteiger partial charge in [-0.3, -0.25) is 5.06 Å². The van der Waals surface area contributed by atoms with E-state index in [1.165, 1.54) is 11.1 Å². The van der Waals surface area contributed by atoms with Crippen LogP contribution in [-0.4, -0.2) is 37.5 Å². The highest BCUT2D eigenvalue weighted by molar-refractivity contribution is 5.76. The second-order valence-corrected chi connectivity index (χ2v) is 5.80. The van der Waals surface area contributed by atoms with Crippen LogP contribution in [0, 0.1) is 10.4 Å². The highest BCUT2D eigenvalue weighted by Crippen LogP contribution is 2.30. The zero-order valence-electron chi connectivity index (χ0n) is 12.6. The molecule has 21 heavy (non-hydrogen) atoms. The fourth-order valence-electron chi connectivity index (χ4n) is 3.02. The number of hydroxylamine groups is 1. The zero-order chi connectivity index (χ0) is 15.1. The summed E-state index contributed by atoms with van der Waals surface area (Å²) >= 11 is 0. The molecule has 0 fully saturated rings. The summed E-state index contributed by atoms with van der Waals surface area (Å²) in [7, 11) is 4.11. The lowest BCUT2D eigenvalue weighted by molar-refractivity contribution is -0.851. The van der Waals surface area contributed by atoms with Gasteiger partial charge in [0.15, 0.2) is 0 Å². The molecule has 0 spiro atoms. The van der Waals surface area contributed by atoms with Crippen molar-refractivity contribution in [3.63, 3.8) is 0 Å². The summed E-state index contributed by atoms with van der Waals surface area (Å²) in [6.07, 6.45) is 1.84. The Labute approximate surface area is 124 Å². The molecule has 1 aliphatic carbocycles. The topological polar surface area (TPSA) is 82.6 Å². The first-order valence-corrected chi connectivity index (χ1v) is 7.24. The molecule has 3 rings (SSSR count). The van der Waals surface area contributed by atoms with Gasteiger partial charge in [0, 0.05) is 24.7 Å². The zero-order valence-corrected chi connectivity index (χ0v) is 12.6. The van der Waals surface area contributed by atoms with E-state index >= 15 is 0 Å². The Balaban J connectivity index is 2.00. The maximum absolute atomic E-state index is 12.4. The third-order valence-electron chi connectivity index (χ3n) is 4.23. The number of nitrogens with zero attached hydrogens (tertiary/aromatic N) is 2. The van der Waals surface area contributed by atoms with E-state index in [1.807, 2.05) is 19.1 Å². The minimum absolute atomic E-state index is 0.164. The molecule has 1 aliphatic heterocycles. The molecule has 1 aromatic carbocycles. The molecule has 0 saturated heterocycles. The van der Waals surface area contributed by atoms with E-state index in [0.29, 0.717) is 24.0 Å². The van der Waals surface area contributed by atoms with Gasteiger partial charge in [0.25, 0.3) is 0 Å². The number of nitrogens with one attached hydrogen (secondary N) is 3. The van der Waals surface area contributed by atoms with Crippen LogP contribution in [0.15, 0.2) is 17.1 Å². The second kappa shape index (κ2) is 5.36. The molecular weight excluding hydrogens is 270 g/mol. The van der Waals surface area contributed by atoms with Gasteiger partial charge < -0.3 is 15.3 Å². The highest BCUT2D eigenvalue weighted by atomic mass is 16.6. The first-order chi connectivity index (χ1) is 10.0. The van der Waals surface area contributed by atoms with E-state index in [9.17, 15) is 10.4 Å². The van der Waals surface area contributed by atoms with E-state index < -0.39 is 0 Å². The number of quaternary nitrogens is 2. The molecule has 0 radical (unpaired) electrons. The number of guanidine groups is 1. The van der Waals surface area contributed by atoms with Gasteiger partial charge in [-0.2, -0.15) is 5.43 Å². The standard InChI is InChI=1S/C14H21N5O2/c1-4-15-14-16-19(21)13-8-10-6-11(17(2)3)5-9(10)7-12(13)18(14)20/h7-8,11,18-19H,4-6H2,1-3H3,(H,15,16). The van der Waals surface area contributed by atoms with Gasteiger partial charge in [-0.1, -0.05) is 0 Å². The summed E-state index contributed by atoms with van der Waals surface area (Å²) in [5.41, 5.74) is 5.91. The molecule has 2 aliphatic rings. The number of hydrogen-bond acceptors (Lipinski definition) is 4. The van der Waals surface area contributed by atoms with Crippen LogP contribution in [0.25, 0.3) is 0 Å². The summed E-state index contributed by atoms with van der Waals surface area (Å²) in [4.78, 5) is 6.26. The van der Waals surface area contributed by atoms with Crippen LogP contribution >= 0.6 is 0 Å². The van der Waals surface area contributed by atoms with Crippen molar-refractivity contribution < 1.29 is 10.2 Å². The van der Waals surface area contributed by atoms with Crippen LogP contribution in [0.1, 0.15) is 18.1 Å². The van der Waals surface area contributed by atoms with Gasteiger partial charge >= 0.3 is 5.96 Å². The maximum atomic E-state index is 12.4. The van der Waals surface area contributed by atoms with Crippen molar-refractivity contribution in [1.82, 2.24) is 10.3 Å². The minimum atomic E-state index is -0.229. The second-order valence-electron chi connectivity index (χ2n) is 5.80. The molecular formula is C14H21N5O2. The predicted octanol–water partition coefficient (Wildman–Crippen LogP) is -1.36. The number of rotatable bonds is 2. The quantitative estimate of drug-likeness (QED) is 0.588. The van der Waals surface area contributed by atoms with Crippen LogP contribution in [0.4, 0.5) is 11.4 Å². The van der Waals surface area contributed by atoms with Crippen molar-refractivity contribution in [2.24, 2.45) is 4.99 Å². The Bertz CT molecular complexity index is 587. The molecule has 0 amide bonds. The van der Waals surface area contributed by atoms with Gasteiger partial charge in [-0.25, -0.2) is 10.2 Å². The van der Waals surface area contributed by atoms with Gasteiger partial charge in [-0.15, -0.1) is 0 Å². The monoisotopic (exact) mass is 291 g/mol. The molecule has 7 heteroatoms. The number of aliphatic imine (C=N–C) groups is 1. The molecule has 3 unspecified atom stereocenters. The summed E-state index contributed by atoms with van der Waals surface area (Å²) in [5, 5.41) is 24.2. The van der Waals surface area contributed by atoms with E-state index in [-0.39, 0.29) is 16.2 Å². The average Bonchev–Trinajstić information content (AvgIpc) is 2.86. The molecule has 0 saturated carbocycles. The Kier molecular flexibility index (Phi) is 3.68.